The molecule has 5 heteroatoms. The number of hydrogen-bond donors (Lipinski definition) is 1. The highest BCUT2D eigenvalue weighted by atomic mass is 79.9. The third-order valence-corrected chi connectivity index (χ3v) is 2.80. The molecule has 96 valence electrons. The molecule has 0 spiro atoms. The molecule has 0 aromatic heterocycles. The van der Waals surface area contributed by atoms with E-state index < -0.39 is 11.6 Å². The number of halogens is 3. The molecule has 0 heterocycles. The maximum absolute atomic E-state index is 13.5. The lowest BCUT2D eigenvalue weighted by atomic mass is 10.2. The van der Waals surface area contributed by atoms with Gasteiger partial charge in [-0.05, 0) is 28.1 Å². The van der Waals surface area contributed by atoms with Gasteiger partial charge in [-0.1, -0.05) is 13.8 Å². The standard InChI is InChI=1S/C12H16BrF2NO/c1-8(2)16-5-6-17-7-9-11(14)4-3-10(13)12(9)15/h3-4,8,16H,5-7H2,1-2H3. The highest BCUT2D eigenvalue weighted by molar-refractivity contribution is 9.10. The second kappa shape index (κ2) is 7.03. The van der Waals surface area contributed by atoms with E-state index in [1.807, 2.05) is 13.8 Å². The van der Waals surface area contributed by atoms with Gasteiger partial charge in [0.15, 0.2) is 0 Å². The normalized spacial score (nSPS) is 11.2. The van der Waals surface area contributed by atoms with Gasteiger partial charge in [-0.25, -0.2) is 8.78 Å². The van der Waals surface area contributed by atoms with E-state index in [1.165, 1.54) is 12.1 Å². The SMILES string of the molecule is CC(C)NCCOCc1c(F)ccc(Br)c1F. The van der Waals surface area contributed by atoms with Crippen molar-refractivity contribution in [1.82, 2.24) is 5.32 Å². The lowest BCUT2D eigenvalue weighted by Crippen LogP contribution is -2.26. The molecule has 0 bridgehead atoms. The largest absolute Gasteiger partial charge is 0.375 e. The quantitative estimate of drug-likeness (QED) is 0.643. The predicted molar refractivity (Wildman–Crippen MR) is 66.9 cm³/mol. The molecule has 0 aliphatic rings. The predicted octanol–water partition coefficient (Wildman–Crippen LogP) is 3.24. The minimum absolute atomic E-state index is 0.0380. The van der Waals surface area contributed by atoms with E-state index in [0.29, 0.717) is 19.2 Å². The van der Waals surface area contributed by atoms with Crippen LogP contribution in [0.5, 0.6) is 0 Å². The second-order valence-corrected chi connectivity index (χ2v) is 4.84. The molecule has 0 fully saturated rings. The summed E-state index contributed by atoms with van der Waals surface area (Å²) in [6.07, 6.45) is 0. The van der Waals surface area contributed by atoms with Crippen LogP contribution in [0.1, 0.15) is 19.4 Å². The molecule has 1 aromatic carbocycles. The van der Waals surface area contributed by atoms with Crippen molar-refractivity contribution in [3.63, 3.8) is 0 Å². The van der Waals surface area contributed by atoms with Crippen LogP contribution in [-0.4, -0.2) is 19.2 Å². The van der Waals surface area contributed by atoms with Crippen molar-refractivity contribution in [2.75, 3.05) is 13.2 Å². The van der Waals surface area contributed by atoms with E-state index in [9.17, 15) is 8.78 Å². The zero-order valence-electron chi connectivity index (χ0n) is 9.90. The van der Waals surface area contributed by atoms with Crippen LogP contribution in [-0.2, 0) is 11.3 Å². The van der Waals surface area contributed by atoms with Gasteiger partial charge < -0.3 is 10.1 Å². The van der Waals surface area contributed by atoms with Crippen LogP contribution in [0.25, 0.3) is 0 Å². The first-order valence-electron chi connectivity index (χ1n) is 5.46. The van der Waals surface area contributed by atoms with Gasteiger partial charge in [-0.2, -0.15) is 0 Å². The van der Waals surface area contributed by atoms with Crippen LogP contribution in [0.2, 0.25) is 0 Å². The van der Waals surface area contributed by atoms with Crippen LogP contribution >= 0.6 is 15.9 Å². The first kappa shape index (κ1) is 14.5. The second-order valence-electron chi connectivity index (χ2n) is 3.98. The average molecular weight is 308 g/mol. The van der Waals surface area contributed by atoms with E-state index in [-0.39, 0.29) is 16.6 Å². The van der Waals surface area contributed by atoms with E-state index in [4.69, 9.17) is 4.74 Å². The maximum atomic E-state index is 13.5. The minimum Gasteiger partial charge on any atom is -0.375 e. The lowest BCUT2D eigenvalue weighted by molar-refractivity contribution is 0.116. The molecule has 0 aliphatic carbocycles. The van der Waals surface area contributed by atoms with Crippen molar-refractivity contribution in [2.45, 2.75) is 26.5 Å². The van der Waals surface area contributed by atoms with Crippen LogP contribution in [0.4, 0.5) is 8.78 Å². The van der Waals surface area contributed by atoms with Crippen molar-refractivity contribution < 1.29 is 13.5 Å². The lowest BCUT2D eigenvalue weighted by Gasteiger charge is -2.10. The smallest absolute Gasteiger partial charge is 0.145 e. The summed E-state index contributed by atoms with van der Waals surface area (Å²) in [6.45, 7) is 5.07. The summed E-state index contributed by atoms with van der Waals surface area (Å²) in [5.74, 6) is -1.18. The molecule has 0 aliphatic heterocycles. The monoisotopic (exact) mass is 307 g/mol. The summed E-state index contributed by atoms with van der Waals surface area (Å²) >= 11 is 3.01. The highest BCUT2D eigenvalue weighted by Crippen LogP contribution is 2.22. The highest BCUT2D eigenvalue weighted by Gasteiger charge is 2.12. The van der Waals surface area contributed by atoms with E-state index in [2.05, 4.69) is 21.2 Å². The van der Waals surface area contributed by atoms with Crippen molar-refractivity contribution in [3.05, 3.63) is 33.8 Å². The van der Waals surface area contributed by atoms with Crippen LogP contribution in [0.15, 0.2) is 16.6 Å². The van der Waals surface area contributed by atoms with Gasteiger partial charge >= 0.3 is 0 Å². The summed E-state index contributed by atoms with van der Waals surface area (Å²) < 4.78 is 32.3. The third kappa shape index (κ3) is 4.69. The maximum Gasteiger partial charge on any atom is 0.145 e. The fraction of sp³-hybridized carbons (Fsp3) is 0.500. The first-order chi connectivity index (χ1) is 8.02. The van der Waals surface area contributed by atoms with Crippen molar-refractivity contribution in [1.29, 1.82) is 0 Å². The number of rotatable bonds is 6. The van der Waals surface area contributed by atoms with Crippen molar-refractivity contribution in [3.8, 4) is 0 Å². The Morgan fingerprint density at radius 1 is 1.35 bits per heavy atom. The van der Waals surface area contributed by atoms with Crippen LogP contribution in [0.3, 0.4) is 0 Å². The Bertz CT molecular complexity index is 372. The van der Waals surface area contributed by atoms with Crippen LogP contribution < -0.4 is 5.32 Å². The van der Waals surface area contributed by atoms with E-state index in [1.54, 1.807) is 0 Å². The van der Waals surface area contributed by atoms with Gasteiger partial charge in [0.25, 0.3) is 0 Å². The molecule has 17 heavy (non-hydrogen) atoms. The molecule has 0 saturated heterocycles. The molecule has 0 amide bonds. The molecule has 1 N–H and O–H groups in total. The molecular weight excluding hydrogens is 292 g/mol. The molecule has 0 unspecified atom stereocenters. The number of hydrogen-bond acceptors (Lipinski definition) is 2. The first-order valence-corrected chi connectivity index (χ1v) is 6.25. The van der Waals surface area contributed by atoms with Crippen LogP contribution in [0, 0.1) is 11.6 Å². The third-order valence-electron chi connectivity index (χ3n) is 2.18. The van der Waals surface area contributed by atoms with E-state index in [0.717, 1.165) is 0 Å². The topological polar surface area (TPSA) is 21.3 Å². The Kier molecular flexibility index (Phi) is 6.02. The summed E-state index contributed by atoms with van der Waals surface area (Å²) in [7, 11) is 0. The molecule has 2 nitrogen and oxygen atoms in total. The van der Waals surface area contributed by atoms with Crippen molar-refractivity contribution >= 4 is 15.9 Å². The Morgan fingerprint density at radius 2 is 2.06 bits per heavy atom. The van der Waals surface area contributed by atoms with Gasteiger partial charge in [0.2, 0.25) is 0 Å². The average Bonchev–Trinajstić information content (AvgIpc) is 2.27. The Balaban J connectivity index is 2.44. The fourth-order valence-corrected chi connectivity index (χ4v) is 1.67. The molecule has 0 radical (unpaired) electrons. The molecule has 0 saturated carbocycles. The van der Waals surface area contributed by atoms with Gasteiger partial charge in [-0.3, -0.25) is 0 Å². The van der Waals surface area contributed by atoms with Gasteiger partial charge in [0.05, 0.1) is 23.2 Å². The summed E-state index contributed by atoms with van der Waals surface area (Å²) in [6, 6.07) is 2.94. The molecule has 1 aromatic rings. The van der Waals surface area contributed by atoms with Gasteiger partial charge in [0.1, 0.15) is 11.6 Å². The molecule has 0 atom stereocenters. The zero-order valence-corrected chi connectivity index (χ0v) is 11.5. The Hall–Kier alpha value is -0.520. The van der Waals surface area contributed by atoms with Gasteiger partial charge in [-0.15, -0.1) is 0 Å². The minimum atomic E-state index is -0.596. The van der Waals surface area contributed by atoms with E-state index >= 15 is 0 Å². The van der Waals surface area contributed by atoms with Crippen molar-refractivity contribution in [2.24, 2.45) is 0 Å². The Labute approximate surface area is 108 Å². The summed E-state index contributed by atoms with van der Waals surface area (Å²) in [5.41, 5.74) is -0.0380. The summed E-state index contributed by atoms with van der Waals surface area (Å²) in [5, 5.41) is 3.15. The Morgan fingerprint density at radius 3 is 2.71 bits per heavy atom. The number of ether oxygens (including phenoxy) is 1. The summed E-state index contributed by atoms with van der Waals surface area (Å²) in [4.78, 5) is 0. The number of benzene rings is 1. The molecule has 1 rings (SSSR count). The zero-order chi connectivity index (χ0) is 12.8. The fourth-order valence-electron chi connectivity index (χ4n) is 1.30. The number of nitrogens with one attached hydrogen (secondary N) is 1. The molecular formula is C12H16BrF2NO. The van der Waals surface area contributed by atoms with Gasteiger partial charge in [0, 0.05) is 12.6 Å².